The van der Waals surface area contributed by atoms with Crippen molar-refractivity contribution in [2.24, 2.45) is 11.8 Å². The van der Waals surface area contributed by atoms with E-state index >= 15 is 0 Å². The van der Waals surface area contributed by atoms with E-state index in [9.17, 15) is 9.59 Å². The Balaban J connectivity index is 1.57. The highest BCUT2D eigenvalue weighted by Gasteiger charge is 2.41. The van der Waals surface area contributed by atoms with Crippen LogP contribution in [0.3, 0.4) is 0 Å². The van der Waals surface area contributed by atoms with E-state index in [-0.39, 0.29) is 23.7 Å². The van der Waals surface area contributed by atoms with Crippen LogP contribution in [0.5, 0.6) is 5.75 Å². The van der Waals surface area contributed by atoms with Crippen LogP contribution < -0.4 is 10.1 Å². The van der Waals surface area contributed by atoms with Crippen molar-refractivity contribution in [2.45, 2.75) is 25.7 Å². The smallest absolute Gasteiger partial charge is 0.254 e. The number of aryl methyl sites for hydroxylation is 1. The van der Waals surface area contributed by atoms with Crippen LogP contribution in [0.2, 0.25) is 0 Å². The summed E-state index contributed by atoms with van der Waals surface area (Å²) >= 11 is 0. The third-order valence-electron chi connectivity index (χ3n) is 6.11. The molecule has 2 fully saturated rings. The molecule has 2 aliphatic rings. The highest BCUT2D eigenvalue weighted by atomic mass is 16.5. The Morgan fingerprint density at radius 2 is 1.90 bits per heavy atom. The Kier molecular flexibility index (Phi) is 5.56. The highest BCUT2D eigenvalue weighted by Crippen LogP contribution is 2.36. The minimum absolute atomic E-state index is 0.00459. The summed E-state index contributed by atoms with van der Waals surface area (Å²) in [7, 11) is 1.59. The third-order valence-corrected chi connectivity index (χ3v) is 6.11. The van der Waals surface area contributed by atoms with Gasteiger partial charge in [0, 0.05) is 31.1 Å². The number of nitrogens with zero attached hydrogens (tertiary/aromatic N) is 1. The number of carbonyl (C=O) groups is 2. The van der Waals surface area contributed by atoms with Crippen LogP contribution in [0.1, 0.15) is 40.2 Å². The Bertz CT molecular complexity index is 907. The van der Waals surface area contributed by atoms with Gasteiger partial charge in [-0.3, -0.25) is 9.59 Å². The van der Waals surface area contributed by atoms with Gasteiger partial charge < -0.3 is 15.0 Å². The molecule has 5 heteroatoms. The second kappa shape index (κ2) is 8.27. The predicted octanol–water partition coefficient (Wildman–Crippen LogP) is 3.39. The summed E-state index contributed by atoms with van der Waals surface area (Å²) in [6, 6.07) is 15.4. The van der Waals surface area contributed by atoms with Gasteiger partial charge in [0.15, 0.2) is 0 Å². The molecule has 29 heavy (non-hydrogen) atoms. The summed E-state index contributed by atoms with van der Waals surface area (Å²) in [5.41, 5.74) is 2.90. The van der Waals surface area contributed by atoms with Gasteiger partial charge in [-0.1, -0.05) is 30.3 Å². The molecular weight excluding hydrogens is 364 g/mol. The van der Waals surface area contributed by atoms with E-state index in [1.54, 1.807) is 19.2 Å². The van der Waals surface area contributed by atoms with Gasteiger partial charge in [0.05, 0.1) is 13.0 Å². The Morgan fingerprint density at radius 3 is 2.62 bits per heavy atom. The molecule has 2 amide bonds. The lowest BCUT2D eigenvalue weighted by atomic mass is 9.86. The van der Waals surface area contributed by atoms with Gasteiger partial charge in [0.1, 0.15) is 5.75 Å². The van der Waals surface area contributed by atoms with E-state index in [4.69, 9.17) is 4.74 Å². The molecule has 1 heterocycles. The number of amides is 2. The van der Waals surface area contributed by atoms with Crippen LogP contribution in [0.15, 0.2) is 48.5 Å². The molecule has 0 aromatic heterocycles. The summed E-state index contributed by atoms with van der Waals surface area (Å²) < 4.78 is 5.26. The van der Waals surface area contributed by atoms with Gasteiger partial charge in [-0.2, -0.15) is 0 Å². The predicted molar refractivity (Wildman–Crippen MR) is 112 cm³/mol. The first-order valence-corrected chi connectivity index (χ1v) is 10.3. The molecular formula is C24H28N2O3. The molecule has 2 atom stereocenters. The van der Waals surface area contributed by atoms with E-state index < -0.39 is 0 Å². The first-order valence-electron chi connectivity index (χ1n) is 10.3. The fraction of sp³-hybridized carbons (Fsp3) is 0.417. The van der Waals surface area contributed by atoms with Crippen molar-refractivity contribution in [3.63, 3.8) is 0 Å². The lowest BCUT2D eigenvalue weighted by molar-refractivity contribution is -0.125. The van der Waals surface area contributed by atoms with Crippen LogP contribution in [0.4, 0.5) is 0 Å². The zero-order chi connectivity index (χ0) is 20.4. The van der Waals surface area contributed by atoms with Gasteiger partial charge in [-0.05, 0) is 55.0 Å². The molecule has 2 aromatic rings. The number of rotatable bonds is 6. The molecule has 4 rings (SSSR count). The van der Waals surface area contributed by atoms with E-state index in [0.717, 1.165) is 17.7 Å². The van der Waals surface area contributed by atoms with Crippen LogP contribution in [0.25, 0.3) is 0 Å². The molecule has 1 aliphatic heterocycles. The summed E-state index contributed by atoms with van der Waals surface area (Å²) in [5, 5.41) is 3.13. The molecule has 2 aromatic carbocycles. The lowest BCUT2D eigenvalue weighted by Gasteiger charge is -2.20. The number of likely N-dealkylation sites (tertiary alicyclic amines) is 1. The normalized spacial score (nSPS) is 21.1. The van der Waals surface area contributed by atoms with Crippen molar-refractivity contribution in [1.82, 2.24) is 10.2 Å². The lowest BCUT2D eigenvalue weighted by Crippen LogP contribution is -2.36. The molecule has 1 saturated carbocycles. The fourth-order valence-electron chi connectivity index (χ4n) is 4.19. The number of ether oxygens (including phenoxy) is 1. The fourth-order valence-corrected chi connectivity index (χ4v) is 4.19. The van der Waals surface area contributed by atoms with Crippen molar-refractivity contribution in [2.75, 3.05) is 26.7 Å². The summed E-state index contributed by atoms with van der Waals surface area (Å²) in [5.74, 6) is 1.07. The first-order chi connectivity index (χ1) is 14.1. The molecule has 0 unspecified atom stereocenters. The zero-order valence-electron chi connectivity index (χ0n) is 17.1. The number of nitrogens with one attached hydrogen (secondary N) is 1. The van der Waals surface area contributed by atoms with E-state index in [0.29, 0.717) is 30.3 Å². The van der Waals surface area contributed by atoms with Gasteiger partial charge in [-0.25, -0.2) is 0 Å². The average Bonchev–Trinajstić information content (AvgIpc) is 3.48. The monoisotopic (exact) mass is 392 g/mol. The molecule has 152 valence electrons. The summed E-state index contributed by atoms with van der Waals surface area (Å²) in [6.45, 7) is 3.80. The maximum Gasteiger partial charge on any atom is 0.254 e. The largest absolute Gasteiger partial charge is 0.497 e. The van der Waals surface area contributed by atoms with Crippen molar-refractivity contribution >= 4 is 11.8 Å². The highest BCUT2D eigenvalue weighted by molar-refractivity contribution is 5.95. The Hall–Kier alpha value is -2.82. The second-order valence-corrected chi connectivity index (χ2v) is 8.20. The van der Waals surface area contributed by atoms with Crippen LogP contribution in [0, 0.1) is 18.8 Å². The SMILES string of the molecule is COc1cccc(C(=O)N2C[C@@H](C(=O)NCC3CC3)[C@H](c3ccccc3C)C2)c1. The van der Waals surface area contributed by atoms with Crippen molar-refractivity contribution in [1.29, 1.82) is 0 Å². The molecule has 1 aliphatic carbocycles. The van der Waals surface area contributed by atoms with Crippen LogP contribution in [-0.2, 0) is 4.79 Å². The van der Waals surface area contributed by atoms with Gasteiger partial charge in [0.2, 0.25) is 5.91 Å². The van der Waals surface area contributed by atoms with E-state index in [1.807, 2.05) is 29.2 Å². The average molecular weight is 392 g/mol. The molecule has 5 nitrogen and oxygen atoms in total. The third kappa shape index (κ3) is 4.29. The summed E-state index contributed by atoms with van der Waals surface area (Å²) in [4.78, 5) is 28.0. The van der Waals surface area contributed by atoms with Gasteiger partial charge >= 0.3 is 0 Å². The van der Waals surface area contributed by atoms with Crippen LogP contribution >= 0.6 is 0 Å². The van der Waals surface area contributed by atoms with Crippen LogP contribution in [-0.4, -0.2) is 43.5 Å². The molecule has 0 radical (unpaired) electrons. The number of methoxy groups -OCH3 is 1. The minimum atomic E-state index is -0.232. The van der Waals surface area contributed by atoms with Crippen molar-refractivity contribution in [3.05, 3.63) is 65.2 Å². The molecule has 1 saturated heterocycles. The first kappa shape index (κ1) is 19.5. The number of hydrogen-bond donors (Lipinski definition) is 1. The topological polar surface area (TPSA) is 58.6 Å². The van der Waals surface area contributed by atoms with Gasteiger partial charge in [-0.15, -0.1) is 0 Å². The number of benzene rings is 2. The quantitative estimate of drug-likeness (QED) is 0.820. The number of carbonyl (C=O) groups excluding carboxylic acids is 2. The minimum Gasteiger partial charge on any atom is -0.497 e. The summed E-state index contributed by atoms with van der Waals surface area (Å²) in [6.07, 6.45) is 2.40. The standard InChI is InChI=1S/C24H28N2O3/c1-16-6-3-4-9-20(16)21-14-26(15-22(21)23(27)25-13-17-10-11-17)24(28)18-7-5-8-19(12-18)29-2/h3-9,12,17,21-22H,10-11,13-15H2,1-2H3,(H,25,27)/t21-,22+/m0/s1. The maximum atomic E-state index is 13.2. The second-order valence-electron chi connectivity index (χ2n) is 8.20. The van der Waals surface area contributed by atoms with Gasteiger partial charge in [0.25, 0.3) is 5.91 Å². The van der Waals surface area contributed by atoms with Crippen molar-refractivity contribution < 1.29 is 14.3 Å². The van der Waals surface area contributed by atoms with E-state index in [1.165, 1.54) is 12.8 Å². The maximum absolute atomic E-state index is 13.2. The molecule has 1 N–H and O–H groups in total. The number of hydrogen-bond acceptors (Lipinski definition) is 3. The van der Waals surface area contributed by atoms with E-state index in [2.05, 4.69) is 24.4 Å². The van der Waals surface area contributed by atoms with Crippen molar-refractivity contribution in [3.8, 4) is 5.75 Å². The molecule has 0 spiro atoms. The Labute approximate surface area is 172 Å². The Morgan fingerprint density at radius 1 is 1.10 bits per heavy atom. The molecule has 0 bridgehead atoms. The zero-order valence-corrected chi connectivity index (χ0v) is 17.1.